The minimum Gasteiger partial charge on any atom is -0.460 e. The molecule has 3 aromatic heterocycles. The normalized spacial score (nSPS) is 13.4. The van der Waals surface area contributed by atoms with Gasteiger partial charge in [-0.1, -0.05) is 120 Å². The van der Waals surface area contributed by atoms with E-state index in [1.54, 1.807) is 0 Å². The fourth-order valence-electron chi connectivity index (χ4n) is 8.26. The second-order valence-electron chi connectivity index (χ2n) is 16.1. The van der Waals surface area contributed by atoms with Crippen LogP contribution in [0, 0.1) is 12.1 Å². The Morgan fingerprint density at radius 1 is 0.667 bits per heavy atom. The van der Waals surface area contributed by atoms with Crippen molar-refractivity contribution >= 4 is 21.9 Å². The van der Waals surface area contributed by atoms with E-state index in [2.05, 4.69) is 180 Å². The van der Waals surface area contributed by atoms with Crippen molar-refractivity contribution in [2.75, 3.05) is 0 Å². The summed E-state index contributed by atoms with van der Waals surface area (Å²) in [7, 11) is 0. The van der Waals surface area contributed by atoms with Crippen molar-refractivity contribution in [2.45, 2.75) is 57.8 Å². The summed E-state index contributed by atoms with van der Waals surface area (Å²) in [6, 6.07) is 54.4. The van der Waals surface area contributed by atoms with Crippen LogP contribution in [0.25, 0.3) is 38.9 Å². The molecule has 9 rings (SSSR count). The molecule has 0 aliphatic heterocycles. The molecule has 0 N–H and O–H groups in total. The first kappa shape index (κ1) is 35.7. The first-order valence-corrected chi connectivity index (χ1v) is 18.3. The molecule has 0 amide bonds. The molecule has 4 nitrogen and oxygen atoms in total. The minimum absolute atomic E-state index is 0. The third kappa shape index (κ3) is 5.62. The molecule has 0 saturated carbocycles. The van der Waals surface area contributed by atoms with Gasteiger partial charge in [0.15, 0.2) is 5.65 Å². The van der Waals surface area contributed by atoms with Gasteiger partial charge in [0, 0.05) is 28.8 Å². The van der Waals surface area contributed by atoms with E-state index < -0.39 is 5.41 Å². The number of para-hydroxylation sites is 1. The maximum atomic E-state index is 6.65. The smallest absolute Gasteiger partial charge is 0.460 e. The van der Waals surface area contributed by atoms with Gasteiger partial charge in [-0.2, -0.15) is 28.2 Å². The van der Waals surface area contributed by atoms with Gasteiger partial charge in [0.1, 0.15) is 5.82 Å². The molecule has 5 aromatic carbocycles. The summed E-state index contributed by atoms with van der Waals surface area (Å²) in [5, 5.41) is 2.16. The Morgan fingerprint density at radius 3 is 2.04 bits per heavy atom. The molecular weight excluding hydrogens is 842 g/mol. The van der Waals surface area contributed by atoms with Crippen molar-refractivity contribution < 1.29 is 25.8 Å². The summed E-state index contributed by atoms with van der Waals surface area (Å²) in [5.74, 6) is 1.92. The fourth-order valence-corrected chi connectivity index (χ4v) is 8.26. The first-order chi connectivity index (χ1) is 25.5. The molecule has 54 heavy (non-hydrogen) atoms. The van der Waals surface area contributed by atoms with Gasteiger partial charge < -0.3 is 4.74 Å². The molecule has 1 aliphatic carbocycles. The summed E-state index contributed by atoms with van der Waals surface area (Å²) in [6.07, 6.45) is 1.89. The maximum absolute atomic E-state index is 6.65. The van der Waals surface area contributed by atoms with E-state index in [0.29, 0.717) is 11.6 Å². The molecule has 5 heteroatoms. The Hall–Kier alpha value is -5.31. The molecule has 0 unspecified atom stereocenters. The predicted molar refractivity (Wildman–Crippen MR) is 215 cm³/mol. The third-order valence-corrected chi connectivity index (χ3v) is 10.7. The molecule has 268 valence electrons. The van der Waals surface area contributed by atoms with Crippen LogP contribution in [0.4, 0.5) is 0 Å². The minimum atomic E-state index is -0.560. The van der Waals surface area contributed by atoms with Crippen LogP contribution in [0.5, 0.6) is 11.6 Å². The zero-order valence-corrected chi connectivity index (χ0v) is 33.6. The van der Waals surface area contributed by atoms with Gasteiger partial charge >= 0.3 is 21.1 Å². The van der Waals surface area contributed by atoms with Crippen LogP contribution in [0.3, 0.4) is 0 Å². The Morgan fingerprint density at radius 2 is 1.35 bits per heavy atom. The monoisotopic (exact) mass is 882 g/mol. The molecule has 8 aromatic rings. The van der Waals surface area contributed by atoms with Crippen LogP contribution >= 0.6 is 0 Å². The van der Waals surface area contributed by atoms with E-state index in [9.17, 15) is 0 Å². The van der Waals surface area contributed by atoms with Crippen molar-refractivity contribution in [3.8, 4) is 28.6 Å². The van der Waals surface area contributed by atoms with Gasteiger partial charge in [0.2, 0.25) is 5.88 Å². The molecule has 0 bridgehead atoms. The van der Waals surface area contributed by atoms with Crippen LogP contribution in [-0.4, -0.2) is 14.5 Å². The van der Waals surface area contributed by atoms with E-state index in [0.717, 1.165) is 38.9 Å². The van der Waals surface area contributed by atoms with Crippen LogP contribution in [0.15, 0.2) is 140 Å². The third-order valence-electron chi connectivity index (χ3n) is 10.7. The number of pyridine rings is 2. The number of hydrogen-bond donors (Lipinski definition) is 0. The Kier molecular flexibility index (Phi) is 8.74. The number of fused-ring (bicyclic) bond motifs is 6. The van der Waals surface area contributed by atoms with E-state index in [1.165, 1.54) is 33.4 Å². The Balaban J connectivity index is 0.00000413. The molecule has 0 spiro atoms. The second kappa shape index (κ2) is 13.2. The number of ether oxygens (including phenoxy) is 1. The van der Waals surface area contributed by atoms with Gasteiger partial charge in [-0.05, 0) is 57.2 Å². The molecule has 0 radical (unpaired) electrons. The molecule has 0 atom stereocenters. The van der Waals surface area contributed by atoms with Crippen LogP contribution < -0.4 is 4.74 Å². The molecule has 1 aliphatic rings. The molecule has 0 fully saturated rings. The van der Waals surface area contributed by atoms with Crippen molar-refractivity contribution in [3.63, 3.8) is 0 Å². The SMILES string of the molecule is CC(C)(C)c1ccnc(-n2c3ccccc3c3ccc(Oc4[c-]c5c(cc4)C(c4ccccc4)(c4ccccc4)c4c-5[c-]ccc4C(C)(C)C)nc32)c1.[Pt+2]. The average Bonchev–Trinajstić information content (AvgIpc) is 3.65. The van der Waals surface area contributed by atoms with E-state index in [4.69, 9.17) is 14.7 Å². The number of benzene rings is 5. The van der Waals surface area contributed by atoms with Gasteiger partial charge in [0.05, 0.1) is 5.52 Å². The van der Waals surface area contributed by atoms with Gasteiger partial charge in [-0.15, -0.1) is 29.8 Å². The van der Waals surface area contributed by atoms with E-state index >= 15 is 0 Å². The predicted octanol–water partition coefficient (Wildman–Crippen LogP) is 11.9. The van der Waals surface area contributed by atoms with Crippen molar-refractivity contribution in [1.82, 2.24) is 14.5 Å². The van der Waals surface area contributed by atoms with Gasteiger partial charge in [0.25, 0.3) is 0 Å². The Bertz CT molecular complexity index is 2630. The largest absolute Gasteiger partial charge is 2.00 e. The van der Waals surface area contributed by atoms with Crippen molar-refractivity contribution in [3.05, 3.63) is 185 Å². The zero-order valence-electron chi connectivity index (χ0n) is 31.3. The van der Waals surface area contributed by atoms with Crippen LogP contribution in [0.2, 0.25) is 0 Å². The van der Waals surface area contributed by atoms with Crippen molar-refractivity contribution in [2.24, 2.45) is 0 Å². The fraction of sp³-hybridized carbons (Fsp3) is 0.184. The summed E-state index contributed by atoms with van der Waals surface area (Å²) < 4.78 is 8.80. The maximum Gasteiger partial charge on any atom is 2.00 e. The van der Waals surface area contributed by atoms with Crippen LogP contribution in [0.1, 0.15) is 74.9 Å². The second-order valence-corrected chi connectivity index (χ2v) is 16.1. The van der Waals surface area contributed by atoms with E-state index in [1.807, 2.05) is 18.3 Å². The number of hydrogen-bond acceptors (Lipinski definition) is 3. The first-order valence-electron chi connectivity index (χ1n) is 18.3. The number of nitrogens with zero attached hydrogens (tertiary/aromatic N) is 3. The van der Waals surface area contributed by atoms with Crippen molar-refractivity contribution in [1.29, 1.82) is 0 Å². The van der Waals surface area contributed by atoms with Gasteiger partial charge in [-0.25, -0.2) is 16.1 Å². The molecular formula is C49H41N3OPt. The summed E-state index contributed by atoms with van der Waals surface area (Å²) >= 11 is 0. The van der Waals surface area contributed by atoms with E-state index in [-0.39, 0.29) is 31.9 Å². The number of aromatic nitrogens is 3. The quantitative estimate of drug-likeness (QED) is 0.162. The summed E-state index contributed by atoms with van der Waals surface area (Å²) in [6.45, 7) is 13.5. The molecule has 0 saturated heterocycles. The molecule has 3 heterocycles. The summed E-state index contributed by atoms with van der Waals surface area (Å²) in [5.41, 5.74) is 10.5. The Labute approximate surface area is 332 Å². The average molecular weight is 883 g/mol. The number of rotatable bonds is 5. The zero-order chi connectivity index (χ0) is 36.5. The summed E-state index contributed by atoms with van der Waals surface area (Å²) in [4.78, 5) is 9.99. The standard InChI is InChI=1S/C49H41N3O.Pt/c1-47(2,3)34-28-29-50-43(30-34)52-42-23-14-13-20-36(42)38-25-27-44(51-46(38)52)53-35-24-26-40-39(31-35)37-21-15-22-41(48(4,5)6)45(37)49(40,32-16-9-7-10-17-32)33-18-11-8-12-19-33;/h7-20,22-30H,1-6H3;/q-2;+2. The topological polar surface area (TPSA) is 39.9 Å². The van der Waals surface area contributed by atoms with Gasteiger partial charge in [-0.3, -0.25) is 4.57 Å². The van der Waals surface area contributed by atoms with Crippen LogP contribution in [-0.2, 0) is 37.3 Å².